The zero-order valence-corrected chi connectivity index (χ0v) is 42.8. The molecule has 352 valence electrons. The van der Waals surface area contributed by atoms with E-state index < -0.39 is 9.84 Å². The smallest absolute Gasteiger partial charge is 0.178 e. The molecule has 0 radical (unpaired) electrons. The normalized spacial score (nSPS) is 10.9. The fourth-order valence-electron chi connectivity index (χ4n) is 5.99. The predicted molar refractivity (Wildman–Crippen MR) is 278 cm³/mol. The van der Waals surface area contributed by atoms with Gasteiger partial charge in [0.25, 0.3) is 0 Å². The zero-order valence-electron chi connectivity index (χ0n) is 42.0. The van der Waals surface area contributed by atoms with E-state index in [-0.39, 0.29) is 5.75 Å². The third kappa shape index (κ3) is 22.9. The minimum Gasteiger partial charge on any atom is -0.508 e. The molecule has 0 atom stereocenters. The first kappa shape index (κ1) is 55.7. The highest BCUT2D eigenvalue weighted by Gasteiger charge is 2.14. The summed E-state index contributed by atoms with van der Waals surface area (Å²) in [6, 6.07) is 43.5. The average molecular weight is 901 g/mol. The lowest BCUT2D eigenvalue weighted by Crippen LogP contribution is -2.08. The van der Waals surface area contributed by atoms with Gasteiger partial charge in [0.05, 0.1) is 34.2 Å². The summed E-state index contributed by atoms with van der Waals surface area (Å²) in [4.78, 5) is 8.17. The average Bonchev–Trinajstić information content (AvgIpc) is 3.98. The van der Waals surface area contributed by atoms with Crippen LogP contribution in [0.25, 0.3) is 11.0 Å². The quantitative estimate of drug-likeness (QED) is 0.143. The molecular weight excluding hydrogens is 821 g/mol. The molecule has 7 heteroatoms. The van der Waals surface area contributed by atoms with E-state index in [1.807, 2.05) is 62.4 Å². The predicted octanol–water partition coefficient (Wildman–Crippen LogP) is 16.4. The van der Waals surface area contributed by atoms with Crippen molar-refractivity contribution in [1.82, 2.24) is 9.97 Å². The molecule has 65 heavy (non-hydrogen) atoms. The number of nitrogens with zero attached hydrogens (tertiary/aromatic N) is 1. The third-order valence-electron chi connectivity index (χ3n) is 10.3. The van der Waals surface area contributed by atoms with Crippen molar-refractivity contribution < 1.29 is 17.9 Å². The number of imidazole rings is 1. The molecule has 0 saturated heterocycles. The molecule has 2 heterocycles. The van der Waals surface area contributed by atoms with E-state index in [4.69, 9.17) is 9.52 Å². The highest BCUT2D eigenvalue weighted by atomic mass is 32.2. The van der Waals surface area contributed by atoms with Gasteiger partial charge in [0, 0.05) is 5.92 Å². The van der Waals surface area contributed by atoms with Crippen LogP contribution in [0.2, 0.25) is 0 Å². The number of hydrogen-bond donors (Lipinski definition) is 2. The molecule has 2 N–H and O–H groups in total. The van der Waals surface area contributed by atoms with Crippen LogP contribution < -0.4 is 0 Å². The number of fused-ring (bicyclic) bond motifs is 1. The van der Waals surface area contributed by atoms with Crippen LogP contribution >= 0.6 is 0 Å². The molecule has 6 nitrogen and oxygen atoms in total. The van der Waals surface area contributed by atoms with E-state index in [2.05, 4.69) is 142 Å². The molecule has 5 aromatic carbocycles. The van der Waals surface area contributed by atoms with Gasteiger partial charge in [-0.05, 0) is 121 Å². The Bertz CT molecular complexity index is 2290. The molecule has 0 aliphatic carbocycles. The number of H-pyrrole nitrogens is 1. The standard InChI is InChI=1S/C11H16O2S.C11H16.C10H12N2.C10H14.C9H12O.C7H10O/c1-10(2)8-9-14(12,13)11-6-4-3-5-7-11;1-9(2)8-11-6-4-10(3)5-7-11;1-7(2)10-11-8-5-3-4-6-9(8)12-10;1-8(2)10-6-4-9(3)5-7-10;1-7(2)8-3-5-9(10)6-4-8;1-6(2)7-3-4-8-5-7/h3-7,10H,8-9H2,1-2H3;4-7,9H,8H2,1-3H3;3-7H,1-2H3,(H,11,12);4-8H,1-3H3;3-7,10H,1-2H3;3-6H,1-2H3. The van der Waals surface area contributed by atoms with E-state index in [0.717, 1.165) is 29.2 Å². The Labute approximate surface area is 393 Å². The number of furan rings is 1. The molecule has 0 fully saturated rings. The van der Waals surface area contributed by atoms with E-state index >= 15 is 0 Å². The topological polar surface area (TPSA) is 96.2 Å². The van der Waals surface area contributed by atoms with Crippen LogP contribution in [0.5, 0.6) is 5.75 Å². The Morgan fingerprint density at radius 1 is 0.554 bits per heavy atom. The van der Waals surface area contributed by atoms with Gasteiger partial charge in [-0.15, -0.1) is 0 Å². The summed E-state index contributed by atoms with van der Waals surface area (Å²) in [6.07, 6.45) is 5.40. The Morgan fingerprint density at radius 2 is 1.05 bits per heavy atom. The minimum atomic E-state index is -3.06. The lowest BCUT2D eigenvalue weighted by Gasteiger charge is -2.05. The van der Waals surface area contributed by atoms with E-state index in [1.165, 1.54) is 39.8 Å². The van der Waals surface area contributed by atoms with Crippen molar-refractivity contribution in [3.05, 3.63) is 185 Å². The number of nitrogens with one attached hydrogen (secondary N) is 1. The molecule has 7 rings (SSSR count). The van der Waals surface area contributed by atoms with Crippen LogP contribution in [0.4, 0.5) is 0 Å². The number of aromatic amines is 1. The molecule has 2 aromatic heterocycles. The van der Waals surface area contributed by atoms with Gasteiger partial charge in [0.1, 0.15) is 11.6 Å². The highest BCUT2D eigenvalue weighted by Crippen LogP contribution is 2.19. The summed E-state index contributed by atoms with van der Waals surface area (Å²) < 4.78 is 28.3. The monoisotopic (exact) mass is 901 g/mol. The number of phenolic OH excluding ortho intramolecular Hbond substituents is 1. The second-order valence-corrected chi connectivity index (χ2v) is 20.8. The number of aromatic hydroxyl groups is 1. The second kappa shape index (κ2) is 29.2. The summed E-state index contributed by atoms with van der Waals surface area (Å²) in [5.41, 5.74) is 10.3. The molecule has 7 aromatic rings. The van der Waals surface area contributed by atoms with E-state index in [9.17, 15) is 8.42 Å². The number of benzene rings is 5. The number of phenols is 1. The van der Waals surface area contributed by atoms with Gasteiger partial charge in [-0.1, -0.05) is 185 Å². The van der Waals surface area contributed by atoms with Crippen molar-refractivity contribution in [2.24, 2.45) is 11.8 Å². The first-order valence-corrected chi connectivity index (χ1v) is 25.0. The van der Waals surface area contributed by atoms with E-state index in [1.54, 1.807) is 48.9 Å². The number of aryl methyl sites for hydroxylation is 2. The van der Waals surface area contributed by atoms with Gasteiger partial charge in [-0.25, -0.2) is 13.4 Å². The number of aromatic nitrogens is 2. The third-order valence-corrected chi connectivity index (χ3v) is 12.1. The largest absolute Gasteiger partial charge is 0.508 e. The molecule has 0 amide bonds. The lowest BCUT2D eigenvalue weighted by molar-refractivity contribution is 0.475. The molecule has 0 unspecified atom stereocenters. The lowest BCUT2D eigenvalue weighted by atomic mass is 10.0. The molecule has 0 spiro atoms. The van der Waals surface area contributed by atoms with Gasteiger partial charge in [0.15, 0.2) is 9.84 Å². The summed E-state index contributed by atoms with van der Waals surface area (Å²) in [5, 5.41) is 8.94. The number of hydrogen-bond acceptors (Lipinski definition) is 5. The van der Waals surface area contributed by atoms with Crippen molar-refractivity contribution in [1.29, 1.82) is 0 Å². The number of sulfone groups is 1. The van der Waals surface area contributed by atoms with Crippen LogP contribution in [-0.2, 0) is 16.3 Å². The molecule has 0 bridgehead atoms. The summed E-state index contributed by atoms with van der Waals surface area (Å²) in [5.74, 6) is 5.09. The first-order valence-electron chi connectivity index (χ1n) is 23.3. The fraction of sp³-hybridized carbons (Fsp3) is 0.397. The van der Waals surface area contributed by atoms with Crippen molar-refractivity contribution in [2.45, 2.75) is 138 Å². The maximum absolute atomic E-state index is 11.7. The molecule has 0 aliphatic heterocycles. The van der Waals surface area contributed by atoms with Gasteiger partial charge in [0.2, 0.25) is 0 Å². The van der Waals surface area contributed by atoms with Gasteiger partial charge in [-0.2, -0.15) is 0 Å². The Balaban J connectivity index is 0.000000270. The van der Waals surface area contributed by atoms with Crippen molar-refractivity contribution in [3.8, 4) is 5.75 Å². The van der Waals surface area contributed by atoms with E-state index in [0.29, 0.717) is 40.2 Å². The molecule has 0 aliphatic rings. The Hall–Kier alpha value is -5.40. The van der Waals surface area contributed by atoms with Gasteiger partial charge in [-0.3, -0.25) is 0 Å². The van der Waals surface area contributed by atoms with Crippen LogP contribution in [0.1, 0.15) is 152 Å². The molecule has 0 saturated carbocycles. The van der Waals surface area contributed by atoms with Crippen molar-refractivity contribution in [3.63, 3.8) is 0 Å². The number of para-hydroxylation sites is 2. The summed E-state index contributed by atoms with van der Waals surface area (Å²) >= 11 is 0. The highest BCUT2D eigenvalue weighted by molar-refractivity contribution is 7.91. The molecular formula is C58H80N2O4S. The van der Waals surface area contributed by atoms with Crippen molar-refractivity contribution >= 4 is 20.9 Å². The van der Waals surface area contributed by atoms with Gasteiger partial charge >= 0.3 is 0 Å². The van der Waals surface area contributed by atoms with Crippen molar-refractivity contribution in [2.75, 3.05) is 5.75 Å². The second-order valence-electron chi connectivity index (χ2n) is 18.7. The first-order chi connectivity index (χ1) is 30.7. The summed E-state index contributed by atoms with van der Waals surface area (Å²) in [7, 11) is -3.06. The maximum Gasteiger partial charge on any atom is 0.178 e. The van der Waals surface area contributed by atoms with Gasteiger partial charge < -0.3 is 14.5 Å². The zero-order chi connectivity index (χ0) is 48.5. The Morgan fingerprint density at radius 3 is 1.48 bits per heavy atom. The summed E-state index contributed by atoms with van der Waals surface area (Å²) in [6.45, 7) is 30.0. The van der Waals surface area contributed by atoms with Crippen LogP contribution in [0.3, 0.4) is 0 Å². The van der Waals surface area contributed by atoms with Crippen LogP contribution in [-0.4, -0.2) is 29.2 Å². The van der Waals surface area contributed by atoms with Crippen LogP contribution in [0, 0.1) is 25.7 Å². The van der Waals surface area contributed by atoms with Crippen LogP contribution in [0.15, 0.2) is 155 Å². The SMILES string of the molecule is CC(C)CCS(=O)(=O)c1ccccc1.CC(C)c1ccc(O)cc1.CC(C)c1ccoc1.CC(C)c1nc2ccccc2[nH]1.Cc1ccc(C(C)C)cc1.Cc1ccc(CC(C)C)cc1. The minimum absolute atomic E-state index is 0.245. The fourth-order valence-corrected chi connectivity index (χ4v) is 7.58. The number of rotatable bonds is 10. The maximum atomic E-state index is 11.7. The Kier molecular flexibility index (Phi) is 25.0.